The van der Waals surface area contributed by atoms with Crippen LogP contribution in [0.15, 0.2) is 57.7 Å². The number of hydrogen-bond acceptors (Lipinski definition) is 6. The first-order chi connectivity index (χ1) is 12.6. The number of benzene rings is 1. The molecule has 5 rings (SSSR count). The summed E-state index contributed by atoms with van der Waals surface area (Å²) >= 11 is 4.00. The Hall–Kier alpha value is -2.16. The Balaban J connectivity index is 1.66. The van der Waals surface area contributed by atoms with E-state index in [0.29, 0.717) is 5.69 Å². The molecular formula is C18H12N2O3S3. The van der Waals surface area contributed by atoms with Gasteiger partial charge in [-0.25, -0.2) is 4.90 Å². The number of nitrogens with zero attached hydrogens (tertiary/aromatic N) is 1. The predicted octanol–water partition coefficient (Wildman–Crippen LogP) is 3.29. The minimum absolute atomic E-state index is 0.149. The van der Waals surface area contributed by atoms with Crippen molar-refractivity contribution in [2.75, 3.05) is 4.90 Å². The van der Waals surface area contributed by atoms with E-state index in [-0.39, 0.29) is 22.6 Å². The molecule has 1 fully saturated rings. The lowest BCUT2D eigenvalue weighted by Crippen LogP contribution is -2.31. The van der Waals surface area contributed by atoms with Crippen LogP contribution < -0.4 is 9.77 Å². The maximum atomic E-state index is 13.3. The molecule has 3 aromatic rings. The minimum atomic E-state index is -0.521. The number of carbonyl (C=O) groups excluding carboxylic acids is 2. The van der Waals surface area contributed by atoms with Gasteiger partial charge >= 0.3 is 4.87 Å². The number of para-hydroxylation sites is 1. The van der Waals surface area contributed by atoms with E-state index in [4.69, 9.17) is 0 Å². The van der Waals surface area contributed by atoms with Gasteiger partial charge in [0, 0.05) is 15.7 Å². The van der Waals surface area contributed by atoms with Crippen LogP contribution >= 0.6 is 34.4 Å². The molecule has 0 saturated carbocycles. The monoisotopic (exact) mass is 400 g/mol. The smallest absolute Gasteiger partial charge is 0.305 e. The van der Waals surface area contributed by atoms with Crippen molar-refractivity contribution >= 4 is 51.9 Å². The van der Waals surface area contributed by atoms with E-state index in [0.717, 1.165) is 26.1 Å². The summed E-state index contributed by atoms with van der Waals surface area (Å²) in [5.41, 5.74) is 0.597. The second kappa shape index (κ2) is 5.94. The number of H-pyrrole nitrogens is 1. The van der Waals surface area contributed by atoms with Crippen LogP contribution in [0.4, 0.5) is 5.69 Å². The summed E-state index contributed by atoms with van der Waals surface area (Å²) in [5, 5.41) is 2.15. The van der Waals surface area contributed by atoms with Gasteiger partial charge in [-0.1, -0.05) is 47.4 Å². The van der Waals surface area contributed by atoms with Gasteiger partial charge in [-0.3, -0.25) is 14.4 Å². The number of aromatic nitrogens is 1. The molecule has 1 N–H and O–H groups in total. The Morgan fingerprint density at radius 3 is 2.50 bits per heavy atom. The molecule has 26 heavy (non-hydrogen) atoms. The van der Waals surface area contributed by atoms with Gasteiger partial charge in [0.25, 0.3) is 0 Å². The Bertz CT molecular complexity index is 1060. The predicted molar refractivity (Wildman–Crippen MR) is 103 cm³/mol. The Morgan fingerprint density at radius 2 is 1.77 bits per heavy atom. The minimum Gasteiger partial charge on any atom is -0.307 e. The zero-order valence-corrected chi connectivity index (χ0v) is 15.7. The van der Waals surface area contributed by atoms with E-state index < -0.39 is 11.2 Å². The van der Waals surface area contributed by atoms with Crippen LogP contribution in [0.5, 0.6) is 0 Å². The van der Waals surface area contributed by atoms with Gasteiger partial charge in [-0.05, 0) is 23.6 Å². The number of thioether (sulfide) groups is 1. The number of thiophene rings is 1. The van der Waals surface area contributed by atoms with Gasteiger partial charge in [-0.2, -0.15) is 0 Å². The Morgan fingerprint density at radius 1 is 0.962 bits per heavy atom. The fourth-order valence-electron chi connectivity index (χ4n) is 3.62. The summed E-state index contributed by atoms with van der Waals surface area (Å²) in [7, 11) is 0. The average Bonchev–Trinajstić information content (AvgIpc) is 3.34. The third-order valence-electron chi connectivity index (χ3n) is 4.69. The largest absolute Gasteiger partial charge is 0.307 e. The highest BCUT2D eigenvalue weighted by molar-refractivity contribution is 8.00. The summed E-state index contributed by atoms with van der Waals surface area (Å²) in [6.45, 7) is 0. The van der Waals surface area contributed by atoms with Crippen molar-refractivity contribution in [1.29, 1.82) is 0 Å². The second-order valence-electron chi connectivity index (χ2n) is 6.11. The lowest BCUT2D eigenvalue weighted by Gasteiger charge is -2.28. The van der Waals surface area contributed by atoms with Crippen molar-refractivity contribution in [3.8, 4) is 0 Å². The summed E-state index contributed by atoms with van der Waals surface area (Å²) in [6.07, 6.45) is 0. The number of aromatic amines is 1. The molecule has 130 valence electrons. The second-order valence-corrected chi connectivity index (χ2v) is 9.26. The lowest BCUT2D eigenvalue weighted by atomic mass is 9.87. The van der Waals surface area contributed by atoms with E-state index in [2.05, 4.69) is 4.98 Å². The first kappa shape index (κ1) is 16.0. The molecule has 2 aromatic heterocycles. The van der Waals surface area contributed by atoms with Crippen molar-refractivity contribution < 1.29 is 9.59 Å². The molecule has 0 unspecified atom stereocenters. The molecule has 5 nitrogen and oxygen atoms in total. The van der Waals surface area contributed by atoms with Gasteiger partial charge in [0.15, 0.2) is 0 Å². The summed E-state index contributed by atoms with van der Waals surface area (Å²) in [5.74, 6) is -1.16. The van der Waals surface area contributed by atoms with E-state index in [9.17, 15) is 14.4 Å². The molecule has 8 heteroatoms. The number of rotatable bonds is 2. The topological polar surface area (TPSA) is 70.2 Å². The van der Waals surface area contributed by atoms with Crippen LogP contribution in [0.25, 0.3) is 0 Å². The van der Waals surface area contributed by atoms with E-state index in [1.807, 2.05) is 35.7 Å². The molecule has 0 aliphatic carbocycles. The molecule has 3 atom stereocenters. The maximum Gasteiger partial charge on any atom is 0.305 e. The fourth-order valence-corrected chi connectivity index (χ4v) is 7.09. The van der Waals surface area contributed by atoms with Crippen LogP contribution in [0.3, 0.4) is 0 Å². The molecule has 0 bridgehead atoms. The van der Waals surface area contributed by atoms with Crippen molar-refractivity contribution in [2.45, 2.75) is 16.2 Å². The summed E-state index contributed by atoms with van der Waals surface area (Å²) < 4.78 is 0. The van der Waals surface area contributed by atoms with Crippen molar-refractivity contribution in [3.05, 3.63) is 67.3 Å². The molecule has 1 saturated heterocycles. The first-order valence-corrected chi connectivity index (χ1v) is 10.6. The quantitative estimate of drug-likeness (QED) is 0.670. The standard InChI is InChI=1S/C18H12N2O3S3/c21-16-12-11(10-7-4-8-24-10)13-15(19-18(23)26-13)25-14(12)17(22)20(16)9-5-2-1-3-6-9/h1-8,11-12,14H,(H,19,23)/t11-,12-,14+/m0/s1. The van der Waals surface area contributed by atoms with Gasteiger partial charge in [0.2, 0.25) is 11.8 Å². The molecule has 2 aliphatic rings. The molecular weight excluding hydrogens is 388 g/mol. The summed E-state index contributed by atoms with van der Waals surface area (Å²) in [4.78, 5) is 44.1. The van der Waals surface area contributed by atoms with Gasteiger partial charge in [0.1, 0.15) is 5.25 Å². The number of imide groups is 1. The van der Waals surface area contributed by atoms with Crippen LogP contribution in [0, 0.1) is 5.92 Å². The number of hydrogen-bond donors (Lipinski definition) is 1. The van der Waals surface area contributed by atoms with E-state index in [1.54, 1.807) is 23.5 Å². The molecule has 0 radical (unpaired) electrons. The molecule has 1 aromatic carbocycles. The third-order valence-corrected chi connectivity index (χ3v) is 8.04. The molecule has 4 heterocycles. The zero-order valence-electron chi connectivity index (χ0n) is 13.2. The third kappa shape index (κ3) is 2.26. The van der Waals surface area contributed by atoms with Crippen LogP contribution in [0.1, 0.15) is 15.7 Å². The highest BCUT2D eigenvalue weighted by Gasteiger charge is 2.56. The summed E-state index contributed by atoms with van der Waals surface area (Å²) in [6, 6.07) is 12.9. The van der Waals surface area contributed by atoms with Crippen molar-refractivity contribution in [3.63, 3.8) is 0 Å². The number of fused-ring (bicyclic) bond motifs is 2. The Kier molecular flexibility index (Phi) is 3.66. The lowest BCUT2D eigenvalue weighted by molar-refractivity contribution is -0.122. The van der Waals surface area contributed by atoms with Crippen LogP contribution in [-0.2, 0) is 9.59 Å². The number of amides is 2. The highest BCUT2D eigenvalue weighted by Crippen LogP contribution is 2.53. The van der Waals surface area contributed by atoms with Crippen molar-refractivity contribution in [1.82, 2.24) is 4.98 Å². The average molecular weight is 401 g/mol. The number of nitrogens with one attached hydrogen (secondary N) is 1. The van der Waals surface area contributed by atoms with Gasteiger partial charge < -0.3 is 4.98 Å². The van der Waals surface area contributed by atoms with Crippen LogP contribution in [0.2, 0.25) is 0 Å². The maximum absolute atomic E-state index is 13.3. The van der Waals surface area contributed by atoms with Crippen molar-refractivity contribution in [2.24, 2.45) is 5.92 Å². The van der Waals surface area contributed by atoms with E-state index >= 15 is 0 Å². The molecule has 2 amide bonds. The number of anilines is 1. The van der Waals surface area contributed by atoms with Gasteiger partial charge in [0.05, 0.1) is 16.6 Å². The molecule has 2 aliphatic heterocycles. The van der Waals surface area contributed by atoms with E-state index in [1.165, 1.54) is 16.7 Å². The number of thiazole rings is 1. The highest BCUT2D eigenvalue weighted by atomic mass is 32.2. The number of carbonyl (C=O) groups is 2. The van der Waals surface area contributed by atoms with Crippen LogP contribution in [-0.4, -0.2) is 22.0 Å². The fraction of sp³-hybridized carbons (Fsp3) is 0.167. The zero-order chi connectivity index (χ0) is 17.8. The first-order valence-electron chi connectivity index (χ1n) is 8.01. The van der Waals surface area contributed by atoms with Gasteiger partial charge in [-0.15, -0.1) is 11.3 Å². The Labute approximate surface area is 160 Å². The SMILES string of the molecule is O=C1[C@H]2[C@H](c3cccs3)c3sc(=O)[nH]c3S[C@H]2C(=O)N1c1ccccc1. The normalized spacial score (nSPS) is 24.6. The molecule has 0 spiro atoms.